The smallest absolute Gasteiger partial charge is 0 e. The number of nitrogens with zero attached hydrogens (tertiary/aromatic N) is 1. The van der Waals surface area contributed by atoms with Crippen molar-refractivity contribution >= 4 is 17.7 Å². The molecule has 3 unspecified atom stereocenters. The van der Waals surface area contributed by atoms with Crippen molar-refractivity contribution in [3.8, 4) is 0 Å². The van der Waals surface area contributed by atoms with Gasteiger partial charge in [0.2, 0.25) is 5.91 Å². The van der Waals surface area contributed by atoms with Gasteiger partial charge >= 0.3 is 45.1 Å². The summed E-state index contributed by atoms with van der Waals surface area (Å²) < 4.78 is 59.6. The first kappa shape index (κ1) is 36.7. The zero-order valence-electron chi connectivity index (χ0n) is 14.4. The number of amides is 1. The van der Waals surface area contributed by atoms with Gasteiger partial charge < -0.3 is 12.5 Å². The Bertz CT molecular complexity index is 494. The zero-order valence-corrected chi connectivity index (χ0v) is 16.4. The van der Waals surface area contributed by atoms with Gasteiger partial charge in [-0.25, -0.2) is 6.57 Å². The van der Waals surface area contributed by atoms with Gasteiger partial charge in [-0.2, -0.15) is 13.2 Å². The number of nitrogens with one attached hydrogen (secondary N) is 1. The molecule has 0 bridgehead atoms. The summed E-state index contributed by atoms with van der Waals surface area (Å²) in [5, 5.41) is 10.5. The number of thioether (sulfide) groups is 1. The van der Waals surface area contributed by atoms with Crippen LogP contribution < -0.4 is 5.32 Å². The van der Waals surface area contributed by atoms with Crippen LogP contribution in [0.5, 0.6) is 0 Å². The summed E-state index contributed by atoms with van der Waals surface area (Å²) in [6.45, 7) is 21.1. The van der Waals surface area contributed by atoms with Crippen LogP contribution in [0.4, 0.5) is 13.2 Å². The third kappa shape index (κ3) is 15.5. The number of carbonyl (C=O) groups is 1. The van der Waals surface area contributed by atoms with Gasteiger partial charge in [0.05, 0.1) is 5.92 Å². The summed E-state index contributed by atoms with van der Waals surface area (Å²) in [5.41, 5.74) is -5.83. The number of carbonyl (C=O) groups excluding carboxylic acids is 1. The largest absolute Gasteiger partial charge is 0.358 e. The quantitative estimate of drug-likeness (QED) is 0.390. The Hall–Kier alpha value is -1.20. The Kier molecular flexibility index (Phi) is 26.6. The summed E-state index contributed by atoms with van der Waals surface area (Å²) in [5.74, 6) is -1.36. The predicted molar refractivity (Wildman–Crippen MR) is 83.2 cm³/mol. The molecule has 0 aliphatic heterocycles. The topological polar surface area (TPSA) is 113 Å². The summed E-state index contributed by atoms with van der Waals surface area (Å²) in [4.78, 5) is 15.0. The van der Waals surface area contributed by atoms with Gasteiger partial charge in [0.15, 0.2) is 0 Å². The minimum absolute atomic E-state index is 0. The van der Waals surface area contributed by atoms with Crippen molar-refractivity contribution < 1.29 is 54.1 Å². The molecule has 0 aromatic carbocycles. The summed E-state index contributed by atoms with van der Waals surface area (Å²) in [7, 11) is 0. The number of hydrogen-bond donors (Lipinski definition) is 2. The normalized spacial score (nSPS) is 18.9. The molecular weight excluding hydrogens is 432 g/mol. The van der Waals surface area contributed by atoms with Crippen LogP contribution in [0.15, 0.2) is 0 Å². The molecular formula is C15H18F3MnN2O5S-. The fourth-order valence-electron chi connectivity index (χ4n) is 2.00. The second-order valence-corrected chi connectivity index (χ2v) is 5.98. The van der Waals surface area contributed by atoms with Crippen LogP contribution in [0.25, 0.3) is 4.85 Å². The Morgan fingerprint density at radius 1 is 1.22 bits per heavy atom. The maximum atomic E-state index is 12.4. The first-order valence-corrected chi connectivity index (χ1v) is 7.26. The molecule has 27 heavy (non-hydrogen) atoms. The minimum atomic E-state index is -4.37. The molecule has 0 aromatic rings. The van der Waals surface area contributed by atoms with Gasteiger partial charge in [0, 0.05) is 29.2 Å². The average molecular weight is 450 g/mol. The van der Waals surface area contributed by atoms with E-state index in [1.165, 1.54) is 6.92 Å². The van der Waals surface area contributed by atoms with Crippen molar-refractivity contribution in [3.05, 3.63) is 38.8 Å². The van der Waals surface area contributed by atoms with Crippen LogP contribution in [0.2, 0.25) is 0 Å². The molecule has 1 rings (SSSR count). The molecule has 1 aliphatic carbocycles. The molecule has 153 valence electrons. The van der Waals surface area contributed by atoms with Crippen LogP contribution in [0.3, 0.4) is 0 Å². The third-order valence-electron chi connectivity index (χ3n) is 3.02. The summed E-state index contributed by atoms with van der Waals surface area (Å²) in [6, 6.07) is 0. The first-order valence-electron chi connectivity index (χ1n) is 6.38. The van der Waals surface area contributed by atoms with Crippen molar-refractivity contribution in [1.29, 1.82) is 0 Å². The molecule has 2 N–H and O–H groups in total. The minimum Gasteiger partial charge on any atom is -0.358 e. The average Bonchev–Trinajstić information content (AvgIpc) is 3.06. The van der Waals surface area contributed by atoms with Crippen molar-refractivity contribution in [3.63, 3.8) is 0 Å². The molecule has 1 amide bonds. The molecule has 3 atom stereocenters. The number of rotatable bonds is 4. The van der Waals surface area contributed by atoms with Crippen LogP contribution in [0.1, 0.15) is 26.2 Å². The predicted octanol–water partition coefficient (Wildman–Crippen LogP) is 2.49. The number of aliphatic hydroxyl groups excluding tert-OH is 1. The number of hydrogen-bond acceptors (Lipinski definition) is 3. The Morgan fingerprint density at radius 2 is 1.67 bits per heavy atom. The standard InChI is InChI=1S/C11H15F3N2O2S.3CO.CH3.Mn/c1-10(6-17,15-2)16-9(18)7-4-3-5-8(7)19-11(12,13)14;3*1-2;;/h7-8,17H,3-6H2,1H3,(H,16,18);;;;1H3;/q;;;;-1;. The molecule has 1 saturated carbocycles. The van der Waals surface area contributed by atoms with Gasteiger partial charge in [0.1, 0.15) is 6.61 Å². The molecule has 0 spiro atoms. The third-order valence-corrected chi connectivity index (χ3v) is 4.16. The van der Waals surface area contributed by atoms with Crippen molar-refractivity contribution in [2.75, 3.05) is 6.61 Å². The van der Waals surface area contributed by atoms with E-state index in [1.807, 2.05) is 0 Å². The van der Waals surface area contributed by atoms with E-state index in [0.29, 0.717) is 19.3 Å². The number of aliphatic hydroxyl groups is 1. The molecule has 0 saturated heterocycles. The van der Waals surface area contributed by atoms with E-state index < -0.39 is 34.9 Å². The van der Waals surface area contributed by atoms with Crippen molar-refractivity contribution in [2.45, 2.75) is 42.6 Å². The Morgan fingerprint density at radius 3 is 2.00 bits per heavy atom. The van der Waals surface area contributed by atoms with Gasteiger partial charge in [-0.1, -0.05) is 6.42 Å². The van der Waals surface area contributed by atoms with Crippen molar-refractivity contribution in [1.82, 2.24) is 5.32 Å². The number of halogens is 3. The molecule has 1 aliphatic rings. The molecule has 0 aromatic heterocycles. The Balaban J connectivity index is -0.000000183. The SMILES string of the molecule is [C-]#[N+]C(C)(CO)NC(=O)C1CCCC1SC(F)(F)F.[C-]#[O+].[C-]#[O+].[C-]#[O+].[CH3-].[Mn]. The second-order valence-electron chi connectivity index (χ2n) is 4.67. The van der Waals surface area contributed by atoms with Crippen LogP contribution in [0, 0.1) is 39.9 Å². The summed E-state index contributed by atoms with van der Waals surface area (Å²) >= 11 is -0.159. The van der Waals surface area contributed by atoms with Gasteiger partial charge in [0.25, 0.3) is 0 Å². The van der Waals surface area contributed by atoms with E-state index in [1.54, 1.807) is 0 Å². The van der Waals surface area contributed by atoms with Crippen LogP contribution in [-0.2, 0) is 35.8 Å². The van der Waals surface area contributed by atoms with E-state index in [9.17, 15) is 18.0 Å². The monoisotopic (exact) mass is 450 g/mol. The zero-order chi connectivity index (χ0) is 20.7. The number of alkyl halides is 3. The fourth-order valence-corrected chi connectivity index (χ4v) is 3.05. The van der Waals surface area contributed by atoms with Crippen LogP contribution in [-0.4, -0.2) is 34.0 Å². The molecule has 0 heterocycles. The molecule has 1 fully saturated rings. The molecule has 1 radical (unpaired) electrons. The van der Waals surface area contributed by atoms with Gasteiger partial charge in [-0.05, 0) is 24.6 Å². The maximum absolute atomic E-state index is 12.4. The Labute approximate surface area is 171 Å². The van der Waals surface area contributed by atoms with E-state index in [0.717, 1.165) is 0 Å². The fraction of sp³-hybridized carbons (Fsp3) is 0.600. The first-order chi connectivity index (χ1) is 11.7. The van der Waals surface area contributed by atoms with Gasteiger partial charge in [-0.3, -0.25) is 15.0 Å². The summed E-state index contributed by atoms with van der Waals surface area (Å²) in [6.07, 6.45) is 1.26. The molecule has 12 heteroatoms. The van der Waals surface area contributed by atoms with Crippen molar-refractivity contribution in [2.24, 2.45) is 5.92 Å². The van der Waals surface area contributed by atoms with E-state index in [2.05, 4.69) is 30.1 Å². The van der Waals surface area contributed by atoms with Crippen LogP contribution >= 0.6 is 11.8 Å². The van der Waals surface area contributed by atoms with Gasteiger partial charge in [-0.15, -0.1) is 0 Å². The van der Waals surface area contributed by atoms with E-state index >= 15 is 0 Å². The van der Waals surface area contributed by atoms with E-state index in [-0.39, 0.29) is 36.3 Å². The molecule has 7 nitrogen and oxygen atoms in total. The van der Waals surface area contributed by atoms with E-state index in [4.69, 9.17) is 25.6 Å². The maximum Gasteiger partial charge on any atom is 0 e. The second kappa shape index (κ2) is 19.6.